The smallest absolute Gasteiger partial charge is 0.272 e. The Labute approximate surface area is 94.0 Å². The zero-order chi connectivity index (χ0) is 11.5. The first kappa shape index (κ1) is 11.1. The fraction of sp³-hybridized carbons (Fsp3) is 0.417. The van der Waals surface area contributed by atoms with Crippen molar-refractivity contribution in [3.8, 4) is 0 Å². The lowest BCUT2D eigenvalue weighted by Gasteiger charge is -2.17. The molecule has 1 aromatic carbocycles. The van der Waals surface area contributed by atoms with Crippen molar-refractivity contribution in [2.24, 2.45) is 5.73 Å². The van der Waals surface area contributed by atoms with E-state index >= 15 is 0 Å². The molecule has 2 rings (SSSR count). The van der Waals surface area contributed by atoms with Gasteiger partial charge in [0, 0.05) is 18.4 Å². The van der Waals surface area contributed by atoms with E-state index in [0.29, 0.717) is 12.6 Å². The highest BCUT2D eigenvalue weighted by molar-refractivity contribution is 5.74. The monoisotopic (exact) mass is 223 g/mol. The van der Waals surface area contributed by atoms with E-state index in [1.807, 2.05) is 0 Å². The van der Waals surface area contributed by atoms with Crippen LogP contribution in [0, 0.1) is 5.82 Å². The maximum Gasteiger partial charge on any atom is 0.272 e. The first-order chi connectivity index (χ1) is 7.65. The lowest BCUT2D eigenvalue weighted by molar-refractivity contribution is -0.917. The molecule has 1 aromatic rings. The van der Waals surface area contributed by atoms with Crippen molar-refractivity contribution < 1.29 is 14.1 Å². The molecule has 86 valence electrons. The van der Waals surface area contributed by atoms with Gasteiger partial charge in [0.2, 0.25) is 0 Å². The summed E-state index contributed by atoms with van der Waals surface area (Å²) >= 11 is 0. The second kappa shape index (κ2) is 4.61. The lowest BCUT2D eigenvalue weighted by atomic mass is 10.2. The van der Waals surface area contributed by atoms with Crippen LogP contribution in [-0.4, -0.2) is 18.5 Å². The number of hydrogen-bond acceptors (Lipinski definition) is 1. The number of nitrogens with one attached hydrogen (secondary N) is 1. The van der Waals surface area contributed by atoms with E-state index in [1.165, 1.54) is 17.0 Å². The van der Waals surface area contributed by atoms with Crippen molar-refractivity contribution in [1.82, 2.24) is 0 Å². The molecule has 3 nitrogen and oxygen atoms in total. The summed E-state index contributed by atoms with van der Waals surface area (Å²) in [6, 6.07) is 6.98. The summed E-state index contributed by atoms with van der Waals surface area (Å²) in [6.07, 6.45) is 2.31. The molecule has 4 heteroatoms. The van der Waals surface area contributed by atoms with Gasteiger partial charge in [-0.15, -0.1) is 0 Å². The summed E-state index contributed by atoms with van der Waals surface area (Å²) in [5.74, 6) is -0.504. The molecule has 0 aliphatic heterocycles. The molecule has 0 bridgehead atoms. The first-order valence-corrected chi connectivity index (χ1v) is 5.52. The van der Waals surface area contributed by atoms with Crippen LogP contribution in [0.1, 0.15) is 18.4 Å². The fourth-order valence-electron chi connectivity index (χ4n) is 1.93. The number of carbonyl (C=O) groups excluding carboxylic acids is 1. The molecule has 0 heterocycles. The predicted octanol–water partition coefficient (Wildman–Crippen LogP) is -0.142. The molecule has 1 fully saturated rings. The fourth-order valence-corrected chi connectivity index (χ4v) is 1.93. The molecule has 1 unspecified atom stereocenters. The van der Waals surface area contributed by atoms with Gasteiger partial charge in [0.25, 0.3) is 5.91 Å². The number of hydrogen-bond donors (Lipinski definition) is 2. The molecular formula is C12H16FN2O+. The van der Waals surface area contributed by atoms with Gasteiger partial charge < -0.3 is 10.6 Å². The van der Waals surface area contributed by atoms with Gasteiger partial charge in [-0.05, 0) is 12.1 Å². The van der Waals surface area contributed by atoms with Gasteiger partial charge in [0.15, 0.2) is 6.54 Å². The molecule has 3 N–H and O–H groups in total. The Morgan fingerprint density at radius 3 is 2.50 bits per heavy atom. The normalized spacial score (nSPS) is 17.1. The molecule has 1 aliphatic rings. The van der Waals surface area contributed by atoms with Crippen LogP contribution in [0.25, 0.3) is 0 Å². The van der Waals surface area contributed by atoms with Crippen LogP contribution in [0.2, 0.25) is 0 Å². The Balaban J connectivity index is 1.99. The summed E-state index contributed by atoms with van der Waals surface area (Å²) in [6.45, 7) is 1.11. The first-order valence-electron chi connectivity index (χ1n) is 5.52. The van der Waals surface area contributed by atoms with E-state index in [0.717, 1.165) is 24.9 Å². The molecule has 0 radical (unpaired) electrons. The zero-order valence-electron chi connectivity index (χ0n) is 9.08. The van der Waals surface area contributed by atoms with Gasteiger partial charge in [-0.2, -0.15) is 0 Å². The number of nitrogens with two attached hydrogens (primary N) is 1. The Hall–Kier alpha value is -1.42. The van der Waals surface area contributed by atoms with Crippen LogP contribution < -0.4 is 10.6 Å². The quantitative estimate of drug-likeness (QED) is 0.717. The highest BCUT2D eigenvalue weighted by atomic mass is 19.1. The topological polar surface area (TPSA) is 47.5 Å². The average Bonchev–Trinajstić information content (AvgIpc) is 3.03. The molecule has 0 spiro atoms. The number of rotatable bonds is 5. The number of halogens is 1. The number of carbonyl (C=O) groups is 1. The predicted molar refractivity (Wildman–Crippen MR) is 58.2 cm³/mol. The van der Waals surface area contributed by atoms with E-state index in [-0.39, 0.29) is 11.7 Å². The number of quaternary nitrogens is 1. The number of benzene rings is 1. The highest BCUT2D eigenvalue weighted by Gasteiger charge is 2.34. The van der Waals surface area contributed by atoms with E-state index in [9.17, 15) is 9.18 Å². The maximum absolute atomic E-state index is 12.7. The molecule has 0 aromatic heterocycles. The van der Waals surface area contributed by atoms with Crippen LogP contribution in [0.3, 0.4) is 0 Å². The second-order valence-electron chi connectivity index (χ2n) is 4.38. The van der Waals surface area contributed by atoms with Crippen molar-refractivity contribution >= 4 is 5.91 Å². The number of amides is 1. The third kappa shape index (κ3) is 3.03. The summed E-state index contributed by atoms with van der Waals surface area (Å²) in [5.41, 5.74) is 6.26. The van der Waals surface area contributed by atoms with Gasteiger partial charge in [0.1, 0.15) is 12.4 Å². The molecule has 1 amide bonds. The molecule has 16 heavy (non-hydrogen) atoms. The van der Waals surface area contributed by atoms with Crippen molar-refractivity contribution in [2.75, 3.05) is 6.54 Å². The minimum atomic E-state index is -0.274. The Morgan fingerprint density at radius 2 is 2.00 bits per heavy atom. The van der Waals surface area contributed by atoms with Crippen LogP contribution >= 0.6 is 0 Å². The van der Waals surface area contributed by atoms with E-state index in [1.54, 1.807) is 12.1 Å². The standard InChI is InChI=1S/C12H15FN2O/c13-10-3-1-9(2-4-10)7-15(8-12(14)16)11-5-6-11/h1-4,11H,5-8H2,(H2,14,16)/p+1. The summed E-state index contributed by atoms with van der Waals surface area (Å²) < 4.78 is 12.7. The van der Waals surface area contributed by atoms with Crippen molar-refractivity contribution in [1.29, 1.82) is 0 Å². The maximum atomic E-state index is 12.7. The molecule has 1 saturated carbocycles. The van der Waals surface area contributed by atoms with Gasteiger partial charge in [0.05, 0.1) is 6.04 Å². The molecule has 1 atom stereocenters. The second-order valence-corrected chi connectivity index (χ2v) is 4.38. The molecule has 0 saturated heterocycles. The van der Waals surface area contributed by atoms with Crippen LogP contribution in [0.5, 0.6) is 0 Å². The Kier molecular flexibility index (Phi) is 3.19. The highest BCUT2D eigenvalue weighted by Crippen LogP contribution is 2.15. The van der Waals surface area contributed by atoms with Crippen LogP contribution in [0.15, 0.2) is 24.3 Å². The number of primary amides is 1. The molecular weight excluding hydrogens is 207 g/mol. The summed E-state index contributed by atoms with van der Waals surface area (Å²) in [5, 5.41) is 0. The van der Waals surface area contributed by atoms with Gasteiger partial charge in [-0.3, -0.25) is 4.79 Å². The summed E-state index contributed by atoms with van der Waals surface area (Å²) in [4.78, 5) is 12.1. The SMILES string of the molecule is NC(=O)C[NH+](Cc1ccc(F)cc1)C1CC1. The van der Waals surface area contributed by atoms with Crippen LogP contribution in [-0.2, 0) is 11.3 Å². The summed E-state index contributed by atoms with van der Waals surface area (Å²) in [7, 11) is 0. The van der Waals surface area contributed by atoms with E-state index in [4.69, 9.17) is 5.73 Å². The van der Waals surface area contributed by atoms with Crippen molar-refractivity contribution in [3.63, 3.8) is 0 Å². The Morgan fingerprint density at radius 1 is 1.38 bits per heavy atom. The van der Waals surface area contributed by atoms with Crippen molar-refractivity contribution in [3.05, 3.63) is 35.6 Å². The molecule has 1 aliphatic carbocycles. The third-order valence-corrected chi connectivity index (χ3v) is 2.90. The van der Waals surface area contributed by atoms with Crippen LogP contribution in [0.4, 0.5) is 4.39 Å². The third-order valence-electron chi connectivity index (χ3n) is 2.90. The van der Waals surface area contributed by atoms with Gasteiger partial charge in [-0.1, -0.05) is 12.1 Å². The van der Waals surface area contributed by atoms with Gasteiger partial charge >= 0.3 is 0 Å². The van der Waals surface area contributed by atoms with Crippen molar-refractivity contribution in [2.45, 2.75) is 25.4 Å². The zero-order valence-corrected chi connectivity index (χ0v) is 9.08. The van der Waals surface area contributed by atoms with E-state index < -0.39 is 0 Å². The Bertz CT molecular complexity index is 373. The van der Waals surface area contributed by atoms with Gasteiger partial charge in [-0.25, -0.2) is 4.39 Å². The lowest BCUT2D eigenvalue weighted by Crippen LogP contribution is -3.13. The minimum absolute atomic E-state index is 0.230. The minimum Gasteiger partial charge on any atom is -0.365 e. The largest absolute Gasteiger partial charge is 0.365 e. The average molecular weight is 223 g/mol. The van der Waals surface area contributed by atoms with E-state index in [2.05, 4.69) is 0 Å².